The minimum absolute atomic E-state index is 0.175. The van der Waals surface area contributed by atoms with Crippen molar-refractivity contribution in [3.63, 3.8) is 0 Å². The van der Waals surface area contributed by atoms with Gasteiger partial charge >= 0.3 is 0 Å². The highest BCUT2D eigenvalue weighted by Gasteiger charge is 1.93. The van der Waals surface area contributed by atoms with E-state index in [-0.39, 0.29) is 10.9 Å². The lowest BCUT2D eigenvalue weighted by Crippen LogP contribution is -2.03. The molecule has 0 radical (unpaired) electrons. The van der Waals surface area contributed by atoms with Crippen molar-refractivity contribution in [2.75, 3.05) is 0 Å². The third kappa shape index (κ3) is 5.69. The molecular weight excluding hydrogens is 188 g/mol. The summed E-state index contributed by atoms with van der Waals surface area (Å²) in [6, 6.07) is 0. The summed E-state index contributed by atoms with van der Waals surface area (Å²) >= 11 is 5.26. The first-order valence-electron chi connectivity index (χ1n) is 3.38. The third-order valence-electron chi connectivity index (χ3n) is 0.984. The summed E-state index contributed by atoms with van der Waals surface area (Å²) in [4.78, 5) is 3.81. The van der Waals surface area contributed by atoms with Gasteiger partial charge in [-0.3, -0.25) is 10.4 Å². The Morgan fingerprint density at radius 2 is 2.23 bits per heavy atom. The Hall–Kier alpha value is -1.55. The summed E-state index contributed by atoms with van der Waals surface area (Å²) in [5, 5.41) is 9.40. The van der Waals surface area contributed by atoms with Crippen molar-refractivity contribution in [1.82, 2.24) is 5.32 Å². The summed E-state index contributed by atoms with van der Waals surface area (Å²) in [5.74, 6) is 0. The molecule has 0 spiro atoms. The van der Waals surface area contributed by atoms with Gasteiger partial charge in [-0.25, -0.2) is 0 Å². The smallest absolute Gasteiger partial charge is 0.139 e. The number of hydrogen-bond donors (Lipinski definition) is 3. The molecule has 0 atom stereocenters. The Morgan fingerprint density at radius 3 is 2.62 bits per heavy atom. The van der Waals surface area contributed by atoms with Crippen molar-refractivity contribution in [2.45, 2.75) is 0 Å². The van der Waals surface area contributed by atoms with Gasteiger partial charge in [-0.15, -0.1) is 0 Å². The van der Waals surface area contributed by atoms with Crippen molar-refractivity contribution in [3.05, 3.63) is 37.0 Å². The van der Waals surface area contributed by atoms with E-state index in [1.165, 1.54) is 12.4 Å². The van der Waals surface area contributed by atoms with E-state index in [1.54, 1.807) is 0 Å². The monoisotopic (exact) mass is 198 g/mol. The van der Waals surface area contributed by atoms with Crippen LogP contribution in [0.4, 0.5) is 0 Å². The van der Waals surface area contributed by atoms with Crippen LogP contribution in [0.5, 0.6) is 0 Å². The molecule has 0 amide bonds. The van der Waals surface area contributed by atoms with Crippen molar-refractivity contribution >= 4 is 23.0 Å². The molecule has 70 valence electrons. The predicted octanol–water partition coefficient (Wildman–Crippen LogP) is 1.32. The molecule has 0 unspecified atom stereocenters. The SMILES string of the molecule is C=CNC=C(N=CC(=N)Cl)C(=C)N. The van der Waals surface area contributed by atoms with E-state index in [0.717, 1.165) is 6.21 Å². The van der Waals surface area contributed by atoms with Crippen LogP contribution in [0.2, 0.25) is 0 Å². The van der Waals surface area contributed by atoms with Crippen LogP contribution < -0.4 is 11.1 Å². The summed E-state index contributed by atoms with van der Waals surface area (Å²) in [7, 11) is 0. The minimum atomic E-state index is -0.175. The first kappa shape index (κ1) is 11.4. The van der Waals surface area contributed by atoms with Gasteiger partial charge in [-0.2, -0.15) is 0 Å². The quantitative estimate of drug-likeness (QED) is 0.461. The number of nitrogens with two attached hydrogens (primary N) is 1. The molecule has 0 aliphatic heterocycles. The van der Waals surface area contributed by atoms with Gasteiger partial charge in [0.25, 0.3) is 0 Å². The van der Waals surface area contributed by atoms with Crippen LogP contribution in [-0.4, -0.2) is 11.4 Å². The van der Waals surface area contributed by atoms with Crippen LogP contribution in [-0.2, 0) is 0 Å². The molecule has 0 aromatic rings. The second-order valence-electron chi connectivity index (χ2n) is 2.03. The lowest BCUT2D eigenvalue weighted by Gasteiger charge is -1.99. The fourth-order valence-electron chi connectivity index (χ4n) is 0.477. The van der Waals surface area contributed by atoms with Crippen LogP contribution in [0.1, 0.15) is 0 Å². The Bertz CT molecular complexity index is 278. The molecule has 0 fully saturated rings. The number of nitrogens with zero attached hydrogens (tertiary/aromatic N) is 1. The van der Waals surface area contributed by atoms with E-state index in [4.69, 9.17) is 22.7 Å². The Kier molecular flexibility index (Phi) is 5.30. The highest BCUT2D eigenvalue weighted by atomic mass is 35.5. The van der Waals surface area contributed by atoms with Crippen molar-refractivity contribution in [1.29, 1.82) is 5.41 Å². The molecule has 0 saturated heterocycles. The Morgan fingerprint density at radius 1 is 1.62 bits per heavy atom. The first-order chi connectivity index (χ1) is 6.07. The second-order valence-corrected chi connectivity index (χ2v) is 2.44. The topological polar surface area (TPSA) is 74.3 Å². The summed E-state index contributed by atoms with van der Waals surface area (Å²) < 4.78 is 0. The van der Waals surface area contributed by atoms with E-state index in [2.05, 4.69) is 23.5 Å². The maximum Gasteiger partial charge on any atom is 0.139 e. The average molecular weight is 199 g/mol. The molecule has 0 aliphatic carbocycles. The molecule has 4 N–H and O–H groups in total. The van der Waals surface area contributed by atoms with Gasteiger partial charge in [0, 0.05) is 6.20 Å². The average Bonchev–Trinajstić information content (AvgIpc) is 2.03. The van der Waals surface area contributed by atoms with Gasteiger partial charge in [-0.1, -0.05) is 24.8 Å². The zero-order valence-corrected chi connectivity index (χ0v) is 7.80. The van der Waals surface area contributed by atoms with Crippen molar-refractivity contribution < 1.29 is 0 Å². The highest BCUT2D eigenvalue weighted by Crippen LogP contribution is 2.01. The van der Waals surface area contributed by atoms with E-state index in [1.807, 2.05) is 0 Å². The van der Waals surface area contributed by atoms with Crippen LogP contribution in [0.3, 0.4) is 0 Å². The van der Waals surface area contributed by atoms with Gasteiger partial charge in [0.15, 0.2) is 0 Å². The molecule has 0 aliphatic rings. The van der Waals surface area contributed by atoms with E-state index >= 15 is 0 Å². The molecule has 5 heteroatoms. The molecule has 4 nitrogen and oxygen atoms in total. The van der Waals surface area contributed by atoms with E-state index in [0.29, 0.717) is 5.70 Å². The normalized spacial score (nSPS) is 11.3. The second kappa shape index (κ2) is 6.02. The van der Waals surface area contributed by atoms with Crippen molar-refractivity contribution in [2.24, 2.45) is 10.7 Å². The number of hydrogen-bond acceptors (Lipinski definition) is 4. The first-order valence-corrected chi connectivity index (χ1v) is 3.75. The highest BCUT2D eigenvalue weighted by molar-refractivity contribution is 6.79. The zero-order chi connectivity index (χ0) is 10.3. The third-order valence-corrected chi connectivity index (χ3v) is 1.08. The van der Waals surface area contributed by atoms with Gasteiger partial charge in [0.05, 0.1) is 11.9 Å². The number of nitrogens with one attached hydrogen (secondary N) is 2. The van der Waals surface area contributed by atoms with Gasteiger partial charge in [-0.05, 0) is 6.20 Å². The lowest BCUT2D eigenvalue weighted by molar-refractivity contribution is 1.13. The number of rotatable bonds is 5. The number of halogens is 1. The van der Waals surface area contributed by atoms with Crippen molar-refractivity contribution in [3.8, 4) is 0 Å². The standard InChI is InChI=1S/C8H11ClN4/c1-3-12-4-7(6(2)10)13-5-8(9)11/h3-5,11-12H,1-2,10H2. The minimum Gasteiger partial charge on any atom is -0.397 e. The summed E-state index contributed by atoms with van der Waals surface area (Å²) in [6.07, 6.45) is 4.13. The Balaban J connectivity index is 4.52. The van der Waals surface area contributed by atoms with E-state index < -0.39 is 0 Å². The van der Waals surface area contributed by atoms with Crippen LogP contribution in [0.15, 0.2) is 41.9 Å². The van der Waals surface area contributed by atoms with Gasteiger partial charge < -0.3 is 11.1 Å². The predicted molar refractivity (Wildman–Crippen MR) is 56.8 cm³/mol. The van der Waals surface area contributed by atoms with E-state index in [9.17, 15) is 0 Å². The molecule has 0 aromatic carbocycles. The molecule has 0 heterocycles. The maximum absolute atomic E-state index is 6.88. The fourth-order valence-corrected chi connectivity index (χ4v) is 0.526. The van der Waals surface area contributed by atoms with Crippen LogP contribution in [0.25, 0.3) is 0 Å². The van der Waals surface area contributed by atoms with Gasteiger partial charge in [0.2, 0.25) is 0 Å². The Labute approximate surface area is 82.0 Å². The molecule has 0 rings (SSSR count). The molecule has 0 bridgehead atoms. The summed E-state index contributed by atoms with van der Waals surface area (Å²) in [5.41, 5.74) is 6.09. The summed E-state index contributed by atoms with van der Waals surface area (Å²) in [6.45, 7) is 6.94. The largest absolute Gasteiger partial charge is 0.397 e. The molecule has 0 saturated carbocycles. The molecular formula is C8H11ClN4. The maximum atomic E-state index is 6.88. The van der Waals surface area contributed by atoms with Crippen LogP contribution >= 0.6 is 11.6 Å². The van der Waals surface area contributed by atoms with Gasteiger partial charge in [0.1, 0.15) is 10.9 Å². The lowest BCUT2D eigenvalue weighted by atomic mass is 10.4. The number of aliphatic imine (C=N–C) groups is 1. The molecule has 13 heavy (non-hydrogen) atoms. The zero-order valence-electron chi connectivity index (χ0n) is 7.05. The van der Waals surface area contributed by atoms with Crippen LogP contribution in [0, 0.1) is 5.41 Å². The molecule has 0 aromatic heterocycles. The fraction of sp³-hybridized carbons (Fsp3) is 0.